The summed E-state index contributed by atoms with van der Waals surface area (Å²) in [5.74, 6) is 2.35. The minimum atomic E-state index is -4.56. The Morgan fingerprint density at radius 3 is 2.83 bits per heavy atom. The average molecular weight is 437 g/mol. The Morgan fingerprint density at radius 1 is 1.40 bits per heavy atom. The molecule has 30 heavy (non-hydrogen) atoms. The van der Waals surface area contributed by atoms with Crippen molar-refractivity contribution in [2.24, 2.45) is 4.36 Å². The predicted octanol–water partition coefficient (Wildman–Crippen LogP) is 1.50. The first kappa shape index (κ1) is 21.8. The van der Waals surface area contributed by atoms with E-state index in [0.717, 1.165) is 0 Å². The summed E-state index contributed by atoms with van der Waals surface area (Å²) in [5, 5.41) is 0. The van der Waals surface area contributed by atoms with E-state index < -0.39 is 40.0 Å². The SMILES string of the molecule is C#CCOC[C@H]1O[C@@H](n2cc(C)c(=O)[nH]c2=O)C[C@@H]1N=S(=O)(F)Oc1ccccc1. The van der Waals surface area contributed by atoms with Gasteiger partial charge in [-0.05, 0) is 19.1 Å². The summed E-state index contributed by atoms with van der Waals surface area (Å²) in [6, 6.07) is 6.83. The average Bonchev–Trinajstić information content (AvgIpc) is 3.07. The molecule has 0 amide bonds. The van der Waals surface area contributed by atoms with E-state index in [0.29, 0.717) is 5.56 Å². The van der Waals surface area contributed by atoms with Gasteiger partial charge < -0.3 is 13.7 Å². The Balaban J connectivity index is 1.88. The number of ether oxygens (including phenoxy) is 2. The Hall–Kier alpha value is -2.94. The number of aromatic nitrogens is 2. The molecule has 11 heteroatoms. The summed E-state index contributed by atoms with van der Waals surface area (Å²) in [5.41, 5.74) is -0.922. The quantitative estimate of drug-likeness (QED) is 0.399. The molecule has 0 saturated carbocycles. The van der Waals surface area contributed by atoms with Crippen LogP contribution in [0.15, 0.2) is 50.5 Å². The number of benzene rings is 1. The van der Waals surface area contributed by atoms with Gasteiger partial charge in [0.2, 0.25) is 0 Å². The van der Waals surface area contributed by atoms with Crippen molar-refractivity contribution >= 4 is 10.4 Å². The second kappa shape index (κ2) is 9.25. The van der Waals surface area contributed by atoms with Crippen LogP contribution in [-0.2, 0) is 19.9 Å². The molecule has 1 aromatic heterocycles. The molecule has 0 spiro atoms. The third-order valence-corrected chi connectivity index (χ3v) is 5.25. The molecule has 1 aliphatic heterocycles. The lowest BCUT2D eigenvalue weighted by Gasteiger charge is -2.16. The highest BCUT2D eigenvalue weighted by Gasteiger charge is 2.38. The smallest absolute Gasteiger partial charge is 0.373 e. The molecule has 1 aliphatic rings. The monoisotopic (exact) mass is 437 g/mol. The maximum atomic E-state index is 14.6. The normalized spacial score (nSPS) is 22.8. The fourth-order valence-electron chi connectivity index (χ4n) is 2.96. The van der Waals surface area contributed by atoms with Crippen LogP contribution in [0.2, 0.25) is 0 Å². The zero-order valence-corrected chi connectivity index (χ0v) is 16.8. The van der Waals surface area contributed by atoms with Crippen molar-refractivity contribution in [3.05, 3.63) is 62.9 Å². The molecular formula is C19H20FN3O6S. The predicted molar refractivity (Wildman–Crippen MR) is 107 cm³/mol. The molecule has 1 unspecified atom stereocenters. The molecule has 1 aromatic carbocycles. The highest BCUT2D eigenvalue weighted by Crippen LogP contribution is 2.31. The van der Waals surface area contributed by atoms with Gasteiger partial charge in [-0.2, -0.15) is 8.57 Å². The molecule has 1 saturated heterocycles. The number of rotatable bonds is 7. The van der Waals surface area contributed by atoms with Gasteiger partial charge in [0.15, 0.2) is 0 Å². The van der Waals surface area contributed by atoms with Gasteiger partial charge in [-0.25, -0.2) is 4.79 Å². The molecule has 4 atom stereocenters. The molecule has 0 aliphatic carbocycles. The van der Waals surface area contributed by atoms with Crippen molar-refractivity contribution in [2.75, 3.05) is 13.2 Å². The molecule has 0 radical (unpaired) electrons. The second-order valence-electron chi connectivity index (χ2n) is 6.54. The minimum Gasteiger partial charge on any atom is -0.373 e. The lowest BCUT2D eigenvalue weighted by atomic mass is 10.1. The molecule has 1 fully saturated rings. The van der Waals surface area contributed by atoms with Gasteiger partial charge >= 0.3 is 16.1 Å². The first-order valence-corrected chi connectivity index (χ1v) is 10.3. The van der Waals surface area contributed by atoms with Gasteiger partial charge in [0, 0.05) is 18.2 Å². The van der Waals surface area contributed by atoms with Crippen molar-refractivity contribution in [3.63, 3.8) is 0 Å². The van der Waals surface area contributed by atoms with Gasteiger partial charge in [-0.15, -0.1) is 6.42 Å². The first-order chi connectivity index (χ1) is 14.3. The van der Waals surface area contributed by atoms with Crippen molar-refractivity contribution in [3.8, 4) is 18.1 Å². The Kier molecular flexibility index (Phi) is 6.71. The number of aryl methyl sites for hydroxylation is 1. The van der Waals surface area contributed by atoms with E-state index in [1.54, 1.807) is 18.2 Å². The first-order valence-electron chi connectivity index (χ1n) is 8.98. The molecule has 2 heterocycles. The van der Waals surface area contributed by atoms with E-state index in [1.165, 1.54) is 29.8 Å². The van der Waals surface area contributed by atoms with Crippen molar-refractivity contribution < 1.29 is 21.8 Å². The zero-order valence-electron chi connectivity index (χ0n) is 16.0. The number of terminal acetylenes is 1. The van der Waals surface area contributed by atoms with Crippen molar-refractivity contribution in [1.29, 1.82) is 0 Å². The lowest BCUT2D eigenvalue weighted by Crippen LogP contribution is -2.33. The third-order valence-electron chi connectivity index (χ3n) is 4.33. The zero-order chi connectivity index (χ0) is 21.7. The lowest BCUT2D eigenvalue weighted by molar-refractivity contribution is -0.0404. The van der Waals surface area contributed by atoms with Crippen LogP contribution in [0.4, 0.5) is 3.89 Å². The summed E-state index contributed by atoms with van der Waals surface area (Å²) in [7, 11) is -4.56. The molecule has 2 aromatic rings. The highest BCUT2D eigenvalue weighted by atomic mass is 32.3. The van der Waals surface area contributed by atoms with Crippen LogP contribution < -0.4 is 15.4 Å². The molecule has 160 valence electrons. The van der Waals surface area contributed by atoms with E-state index in [9.17, 15) is 17.7 Å². The number of aromatic amines is 1. The van der Waals surface area contributed by atoms with Gasteiger partial charge in [0.1, 0.15) is 24.7 Å². The number of nitrogens with zero attached hydrogens (tertiary/aromatic N) is 2. The second-order valence-corrected chi connectivity index (χ2v) is 7.75. The standard InChI is InChI=1S/C19H20FN3O6S/c1-3-9-27-12-16-15(22-30(20,26)29-14-7-5-4-6-8-14)10-17(28-16)23-11-13(2)18(24)21-19(23)25/h1,4-8,11,15-17H,9-10,12H2,2H3,(H,21,24,25)/t15-,16+,17+,30?/m0/s1. The van der Waals surface area contributed by atoms with E-state index in [1.807, 2.05) is 0 Å². The maximum Gasteiger partial charge on any atom is 0.377 e. The minimum absolute atomic E-state index is 0.00846. The maximum absolute atomic E-state index is 14.6. The van der Waals surface area contributed by atoms with E-state index in [4.69, 9.17) is 20.1 Å². The van der Waals surface area contributed by atoms with E-state index in [-0.39, 0.29) is 25.4 Å². The molecule has 1 N–H and O–H groups in total. The molecule has 3 rings (SSSR count). The van der Waals surface area contributed by atoms with Crippen LogP contribution >= 0.6 is 0 Å². The number of para-hydroxylation sites is 1. The number of hydrogen-bond acceptors (Lipinski definition) is 7. The Labute approximate surface area is 172 Å². The van der Waals surface area contributed by atoms with Crippen LogP contribution in [0, 0.1) is 19.3 Å². The van der Waals surface area contributed by atoms with Crippen LogP contribution in [0.1, 0.15) is 18.2 Å². The third kappa shape index (κ3) is 5.35. The topological polar surface area (TPSA) is 112 Å². The Morgan fingerprint density at radius 2 is 2.13 bits per heavy atom. The fourth-order valence-corrected chi connectivity index (χ4v) is 3.90. The van der Waals surface area contributed by atoms with Crippen LogP contribution in [0.25, 0.3) is 0 Å². The molecular weight excluding hydrogens is 417 g/mol. The van der Waals surface area contributed by atoms with Crippen molar-refractivity contribution in [1.82, 2.24) is 9.55 Å². The fraction of sp³-hybridized carbons (Fsp3) is 0.368. The van der Waals surface area contributed by atoms with E-state index >= 15 is 0 Å². The van der Waals surface area contributed by atoms with Gasteiger partial charge in [-0.3, -0.25) is 14.3 Å². The highest BCUT2D eigenvalue weighted by molar-refractivity contribution is 7.84. The largest absolute Gasteiger partial charge is 0.377 e. The van der Waals surface area contributed by atoms with E-state index in [2.05, 4.69) is 15.3 Å². The summed E-state index contributed by atoms with van der Waals surface area (Å²) in [6.07, 6.45) is 4.79. The summed E-state index contributed by atoms with van der Waals surface area (Å²) in [4.78, 5) is 25.9. The van der Waals surface area contributed by atoms with Gasteiger partial charge in [0.25, 0.3) is 5.56 Å². The summed E-state index contributed by atoms with van der Waals surface area (Å²) in [6.45, 7) is 1.45. The number of halogens is 1. The van der Waals surface area contributed by atoms with Gasteiger partial charge in [-0.1, -0.05) is 28.0 Å². The van der Waals surface area contributed by atoms with Crippen LogP contribution in [-0.4, -0.2) is 39.1 Å². The number of hydrogen-bond donors (Lipinski definition) is 1. The Bertz CT molecular complexity index is 1160. The molecule has 9 nitrogen and oxygen atoms in total. The van der Waals surface area contributed by atoms with Crippen molar-refractivity contribution in [2.45, 2.75) is 31.7 Å². The summed E-state index contributed by atoms with van der Waals surface area (Å²) < 4.78 is 47.7. The number of nitrogens with one attached hydrogen (secondary N) is 1. The van der Waals surface area contributed by atoms with Crippen LogP contribution in [0.3, 0.4) is 0 Å². The summed E-state index contributed by atoms with van der Waals surface area (Å²) >= 11 is 0. The van der Waals surface area contributed by atoms with Gasteiger partial charge in [0.05, 0.1) is 12.6 Å². The van der Waals surface area contributed by atoms with Crippen LogP contribution in [0.5, 0.6) is 5.75 Å². The number of H-pyrrole nitrogens is 1. The molecule has 0 bridgehead atoms.